The lowest BCUT2D eigenvalue weighted by molar-refractivity contribution is 0.515. The molecule has 0 heterocycles. The molecule has 7 heteroatoms. The van der Waals surface area contributed by atoms with Gasteiger partial charge in [0.15, 0.2) is 9.84 Å². The summed E-state index contributed by atoms with van der Waals surface area (Å²) in [5, 5.41) is 0. The molecule has 0 aliphatic heterocycles. The first-order chi connectivity index (χ1) is 13.6. The van der Waals surface area contributed by atoms with Crippen molar-refractivity contribution in [2.24, 2.45) is 0 Å². The Balaban J connectivity index is 2.21. The van der Waals surface area contributed by atoms with Crippen molar-refractivity contribution in [3.63, 3.8) is 0 Å². The fourth-order valence-corrected chi connectivity index (χ4v) is 6.00. The molecule has 0 spiro atoms. The summed E-state index contributed by atoms with van der Waals surface area (Å²) in [6, 6.07) is 12.5. The molecular weight excluding hydrogens is 406 g/mol. The van der Waals surface area contributed by atoms with Gasteiger partial charge in [-0.1, -0.05) is 68.0 Å². The van der Waals surface area contributed by atoms with Crippen LogP contribution in [0.3, 0.4) is 0 Å². The van der Waals surface area contributed by atoms with Crippen molar-refractivity contribution in [1.82, 2.24) is 4.72 Å². The van der Waals surface area contributed by atoms with Crippen LogP contribution in [0.25, 0.3) is 0 Å². The maximum absolute atomic E-state index is 12.9. The van der Waals surface area contributed by atoms with Crippen LogP contribution in [0, 0.1) is 13.8 Å². The molecule has 1 atom stereocenters. The predicted molar refractivity (Wildman–Crippen MR) is 117 cm³/mol. The lowest BCUT2D eigenvalue weighted by atomic mass is 10.1. The van der Waals surface area contributed by atoms with Gasteiger partial charge >= 0.3 is 0 Å². The Kier molecular flexibility index (Phi) is 8.43. The number of nitrogens with one attached hydrogen (secondary N) is 1. The molecule has 160 valence electrons. The molecule has 1 unspecified atom stereocenters. The number of unbranched alkanes of at least 4 members (excludes halogenated alkanes) is 3. The van der Waals surface area contributed by atoms with Crippen molar-refractivity contribution in [1.29, 1.82) is 0 Å². The van der Waals surface area contributed by atoms with E-state index in [9.17, 15) is 16.8 Å². The van der Waals surface area contributed by atoms with Gasteiger partial charge in [0.25, 0.3) is 0 Å². The maximum atomic E-state index is 12.9. The fraction of sp³-hybridized carbons (Fsp3) is 0.455. The number of hydrogen-bond acceptors (Lipinski definition) is 4. The molecule has 0 aliphatic carbocycles. The Morgan fingerprint density at radius 3 is 1.79 bits per heavy atom. The van der Waals surface area contributed by atoms with E-state index >= 15 is 0 Å². The molecule has 0 saturated carbocycles. The summed E-state index contributed by atoms with van der Waals surface area (Å²) in [5.41, 5.74) is 1.93. The molecule has 5 nitrogen and oxygen atoms in total. The number of aryl methyl sites for hydroxylation is 2. The molecule has 1 N–H and O–H groups in total. The van der Waals surface area contributed by atoms with Crippen molar-refractivity contribution in [3.8, 4) is 0 Å². The lowest BCUT2D eigenvalue weighted by Gasteiger charge is -2.19. The first kappa shape index (κ1) is 23.6. The zero-order valence-corrected chi connectivity index (χ0v) is 19.0. The monoisotopic (exact) mass is 437 g/mol. The smallest absolute Gasteiger partial charge is 0.224 e. The third-order valence-electron chi connectivity index (χ3n) is 4.86. The van der Waals surface area contributed by atoms with E-state index in [-0.39, 0.29) is 15.5 Å². The van der Waals surface area contributed by atoms with Crippen LogP contribution in [-0.4, -0.2) is 28.6 Å². The van der Waals surface area contributed by atoms with Gasteiger partial charge in [-0.25, -0.2) is 21.6 Å². The van der Waals surface area contributed by atoms with Crippen molar-refractivity contribution >= 4 is 19.9 Å². The minimum absolute atomic E-state index is 0.148. The molecule has 2 aromatic carbocycles. The SMILES string of the molecule is CCCCCCC(CS(=O)(=O)c1ccc(C)cc1)NS(=O)(=O)c1ccc(C)cc1. The zero-order valence-electron chi connectivity index (χ0n) is 17.4. The van der Waals surface area contributed by atoms with Gasteiger partial charge in [0.05, 0.1) is 15.5 Å². The largest absolute Gasteiger partial charge is 0.240 e. The van der Waals surface area contributed by atoms with E-state index in [0.29, 0.717) is 6.42 Å². The summed E-state index contributed by atoms with van der Waals surface area (Å²) in [5.74, 6) is -0.257. The summed E-state index contributed by atoms with van der Waals surface area (Å²) in [7, 11) is -7.40. The fourth-order valence-electron chi connectivity index (χ4n) is 3.11. The molecule has 0 saturated heterocycles. The first-order valence-electron chi connectivity index (χ1n) is 10.0. The van der Waals surface area contributed by atoms with Crippen LogP contribution in [0.2, 0.25) is 0 Å². The molecule has 0 fully saturated rings. The minimum atomic E-state index is -3.79. The third kappa shape index (κ3) is 7.24. The summed E-state index contributed by atoms with van der Waals surface area (Å²) < 4.78 is 54.0. The number of benzene rings is 2. The van der Waals surface area contributed by atoms with Crippen molar-refractivity contribution in [2.75, 3.05) is 5.75 Å². The lowest BCUT2D eigenvalue weighted by Crippen LogP contribution is -2.39. The second-order valence-corrected chi connectivity index (χ2v) is 11.3. The Bertz CT molecular complexity index is 903. The van der Waals surface area contributed by atoms with E-state index in [1.165, 1.54) is 0 Å². The molecular formula is C22H31NO4S2. The first-order valence-corrected chi connectivity index (χ1v) is 13.2. The summed E-state index contributed by atoms with van der Waals surface area (Å²) in [6.07, 6.45) is 4.31. The van der Waals surface area contributed by atoms with Crippen LogP contribution in [0.1, 0.15) is 50.2 Å². The highest BCUT2D eigenvalue weighted by Crippen LogP contribution is 2.18. The average molecular weight is 438 g/mol. The van der Waals surface area contributed by atoms with E-state index in [4.69, 9.17) is 0 Å². The molecule has 0 amide bonds. The number of sulfone groups is 1. The normalized spacial score (nSPS) is 13.3. The number of rotatable bonds is 11. The predicted octanol–water partition coefficient (Wildman–Crippen LogP) is 4.39. The third-order valence-corrected chi connectivity index (χ3v) is 8.23. The highest BCUT2D eigenvalue weighted by Gasteiger charge is 2.26. The number of sulfonamides is 1. The second-order valence-electron chi connectivity index (χ2n) is 7.58. The van der Waals surface area contributed by atoms with Crippen LogP contribution >= 0.6 is 0 Å². The van der Waals surface area contributed by atoms with Crippen LogP contribution < -0.4 is 4.72 Å². The van der Waals surface area contributed by atoms with Gasteiger partial charge in [-0.15, -0.1) is 0 Å². The summed E-state index contributed by atoms with van der Waals surface area (Å²) >= 11 is 0. The van der Waals surface area contributed by atoms with Crippen LogP contribution in [0.15, 0.2) is 58.3 Å². The Labute approximate surface area is 175 Å². The molecule has 0 aliphatic rings. The maximum Gasteiger partial charge on any atom is 0.240 e. The number of hydrogen-bond donors (Lipinski definition) is 1. The van der Waals surface area contributed by atoms with Crippen LogP contribution in [0.4, 0.5) is 0 Å². The Morgan fingerprint density at radius 2 is 1.28 bits per heavy atom. The van der Waals surface area contributed by atoms with Crippen LogP contribution in [0.5, 0.6) is 0 Å². The Morgan fingerprint density at radius 1 is 0.759 bits per heavy atom. The van der Waals surface area contributed by atoms with Gasteiger partial charge in [-0.05, 0) is 44.5 Å². The van der Waals surface area contributed by atoms with E-state index in [1.54, 1.807) is 48.5 Å². The molecule has 2 rings (SSSR count). The van der Waals surface area contributed by atoms with Crippen molar-refractivity contribution < 1.29 is 16.8 Å². The standard InChI is InChI=1S/C22H31NO4S2/c1-4-5-6-7-8-20(17-28(24,25)21-13-9-18(2)10-14-21)23-29(26,27)22-15-11-19(3)12-16-22/h9-16,20,23H,4-8,17H2,1-3H3. The molecule has 2 aromatic rings. The van der Waals surface area contributed by atoms with Crippen molar-refractivity contribution in [2.45, 2.75) is 68.7 Å². The highest BCUT2D eigenvalue weighted by atomic mass is 32.2. The molecule has 29 heavy (non-hydrogen) atoms. The molecule has 0 bridgehead atoms. The van der Waals surface area contributed by atoms with Crippen molar-refractivity contribution in [3.05, 3.63) is 59.7 Å². The van der Waals surface area contributed by atoms with Crippen LogP contribution in [-0.2, 0) is 19.9 Å². The van der Waals surface area contributed by atoms with Gasteiger partial charge in [0.2, 0.25) is 10.0 Å². The summed E-state index contributed by atoms with van der Waals surface area (Å²) in [6.45, 7) is 5.87. The zero-order chi connectivity index (χ0) is 21.5. The summed E-state index contributed by atoms with van der Waals surface area (Å²) in [4.78, 5) is 0.366. The van der Waals surface area contributed by atoms with Gasteiger partial charge in [-0.3, -0.25) is 0 Å². The Hall–Kier alpha value is -1.70. The molecule has 0 aromatic heterocycles. The molecule has 0 radical (unpaired) electrons. The van der Waals surface area contributed by atoms with Gasteiger partial charge < -0.3 is 0 Å². The second kappa shape index (κ2) is 10.4. The minimum Gasteiger partial charge on any atom is -0.224 e. The van der Waals surface area contributed by atoms with Gasteiger partial charge in [0, 0.05) is 6.04 Å². The van der Waals surface area contributed by atoms with E-state index in [1.807, 2.05) is 13.8 Å². The average Bonchev–Trinajstić information content (AvgIpc) is 2.65. The van der Waals surface area contributed by atoms with E-state index < -0.39 is 25.9 Å². The van der Waals surface area contributed by atoms with E-state index in [2.05, 4.69) is 11.6 Å². The van der Waals surface area contributed by atoms with Gasteiger partial charge in [-0.2, -0.15) is 0 Å². The highest BCUT2D eigenvalue weighted by molar-refractivity contribution is 7.91. The van der Waals surface area contributed by atoms with E-state index in [0.717, 1.165) is 36.8 Å². The van der Waals surface area contributed by atoms with Gasteiger partial charge in [0.1, 0.15) is 0 Å². The quantitative estimate of drug-likeness (QED) is 0.529. The topological polar surface area (TPSA) is 80.3 Å².